The van der Waals surface area contributed by atoms with Crippen LogP contribution in [0.1, 0.15) is 23.3 Å². The SMILES string of the molecule is CCc1cc([C@H]2CNC(=O)[C@@H]2C(=O)Nc2cccc(F)c2F)cs1. The van der Waals surface area contributed by atoms with Crippen LogP contribution in [0, 0.1) is 17.6 Å². The molecule has 0 aliphatic carbocycles. The van der Waals surface area contributed by atoms with Crippen LogP contribution in [-0.4, -0.2) is 18.4 Å². The molecule has 2 atom stereocenters. The van der Waals surface area contributed by atoms with E-state index in [0.29, 0.717) is 6.54 Å². The number of aryl methyl sites for hydroxylation is 1. The van der Waals surface area contributed by atoms with Crippen LogP contribution in [0.2, 0.25) is 0 Å². The standard InChI is InChI=1S/C17H16F2N2O2S/c1-2-10-6-9(8-24-10)11-7-20-16(22)14(11)17(23)21-13-5-3-4-12(18)15(13)19/h3-6,8,11,14H,2,7H2,1H3,(H,20,22)(H,21,23)/t11-,14-/m1/s1. The highest BCUT2D eigenvalue weighted by Gasteiger charge is 2.41. The van der Waals surface area contributed by atoms with Crippen molar-refractivity contribution >= 4 is 28.8 Å². The molecule has 2 N–H and O–H groups in total. The number of carbonyl (C=O) groups is 2. The fourth-order valence-electron chi connectivity index (χ4n) is 2.82. The molecule has 0 bridgehead atoms. The number of hydrogen-bond acceptors (Lipinski definition) is 3. The van der Waals surface area contributed by atoms with Gasteiger partial charge in [-0.25, -0.2) is 8.78 Å². The largest absolute Gasteiger partial charge is 0.355 e. The molecule has 4 nitrogen and oxygen atoms in total. The Balaban J connectivity index is 1.83. The van der Waals surface area contributed by atoms with Gasteiger partial charge in [-0.15, -0.1) is 11.3 Å². The molecule has 0 unspecified atom stereocenters. The summed E-state index contributed by atoms with van der Waals surface area (Å²) in [5, 5.41) is 6.95. The number of benzene rings is 1. The number of carbonyl (C=O) groups excluding carboxylic acids is 2. The van der Waals surface area contributed by atoms with E-state index in [9.17, 15) is 18.4 Å². The minimum atomic E-state index is -1.13. The summed E-state index contributed by atoms with van der Waals surface area (Å²) < 4.78 is 27.0. The Kier molecular flexibility index (Phi) is 4.62. The van der Waals surface area contributed by atoms with Gasteiger partial charge in [0.05, 0.1) is 5.69 Å². The Hall–Kier alpha value is -2.28. The van der Waals surface area contributed by atoms with Gasteiger partial charge in [0.2, 0.25) is 11.8 Å². The number of thiophene rings is 1. The minimum Gasteiger partial charge on any atom is -0.355 e. The van der Waals surface area contributed by atoms with Crippen molar-refractivity contribution in [2.45, 2.75) is 19.3 Å². The van der Waals surface area contributed by atoms with Crippen molar-refractivity contribution in [3.63, 3.8) is 0 Å². The second-order valence-electron chi connectivity index (χ2n) is 5.62. The summed E-state index contributed by atoms with van der Waals surface area (Å²) in [5.41, 5.74) is 0.646. The van der Waals surface area contributed by atoms with E-state index in [2.05, 4.69) is 10.6 Å². The molecule has 1 aromatic heterocycles. The Bertz CT molecular complexity index is 791. The maximum absolute atomic E-state index is 13.7. The maximum Gasteiger partial charge on any atom is 0.237 e. The molecular formula is C17H16F2N2O2S. The molecule has 2 heterocycles. The summed E-state index contributed by atoms with van der Waals surface area (Å²) in [6, 6.07) is 5.51. The Morgan fingerprint density at radius 3 is 2.92 bits per heavy atom. The molecular weight excluding hydrogens is 334 g/mol. The molecule has 0 saturated carbocycles. The Morgan fingerprint density at radius 2 is 2.21 bits per heavy atom. The molecule has 1 aromatic carbocycles. The summed E-state index contributed by atoms with van der Waals surface area (Å²) in [7, 11) is 0. The molecule has 1 aliphatic heterocycles. The Labute approximate surface area is 141 Å². The fraction of sp³-hybridized carbons (Fsp3) is 0.294. The van der Waals surface area contributed by atoms with Crippen molar-refractivity contribution in [3.8, 4) is 0 Å². The predicted octanol–water partition coefficient (Wildman–Crippen LogP) is 3.06. The zero-order valence-electron chi connectivity index (χ0n) is 12.9. The van der Waals surface area contributed by atoms with E-state index in [1.54, 1.807) is 11.3 Å². The van der Waals surface area contributed by atoms with Crippen molar-refractivity contribution in [3.05, 3.63) is 51.7 Å². The average Bonchev–Trinajstić information content (AvgIpc) is 3.18. The maximum atomic E-state index is 13.7. The molecule has 2 amide bonds. The van der Waals surface area contributed by atoms with E-state index in [1.165, 1.54) is 17.0 Å². The van der Waals surface area contributed by atoms with Gasteiger partial charge in [-0.2, -0.15) is 0 Å². The van der Waals surface area contributed by atoms with Crippen LogP contribution >= 0.6 is 11.3 Å². The van der Waals surface area contributed by atoms with Crippen molar-refractivity contribution in [2.75, 3.05) is 11.9 Å². The third-order valence-electron chi connectivity index (χ3n) is 4.12. The third kappa shape index (κ3) is 3.03. The van der Waals surface area contributed by atoms with Gasteiger partial charge in [0.25, 0.3) is 0 Å². The molecule has 0 radical (unpaired) electrons. The second-order valence-corrected chi connectivity index (χ2v) is 6.62. The second kappa shape index (κ2) is 6.68. The molecule has 24 heavy (non-hydrogen) atoms. The molecule has 1 aliphatic rings. The first-order valence-corrected chi connectivity index (χ1v) is 8.49. The number of nitrogens with one attached hydrogen (secondary N) is 2. The van der Waals surface area contributed by atoms with Crippen LogP contribution in [0.4, 0.5) is 14.5 Å². The van der Waals surface area contributed by atoms with E-state index in [1.807, 2.05) is 18.4 Å². The van der Waals surface area contributed by atoms with Crippen molar-refractivity contribution in [1.82, 2.24) is 5.32 Å². The quantitative estimate of drug-likeness (QED) is 0.833. The fourth-order valence-corrected chi connectivity index (χ4v) is 3.72. The van der Waals surface area contributed by atoms with E-state index in [0.717, 1.165) is 18.1 Å². The van der Waals surface area contributed by atoms with E-state index in [-0.39, 0.29) is 11.6 Å². The monoisotopic (exact) mass is 350 g/mol. The molecule has 1 saturated heterocycles. The molecule has 3 rings (SSSR count). The predicted molar refractivity (Wildman–Crippen MR) is 87.9 cm³/mol. The number of halogens is 2. The van der Waals surface area contributed by atoms with Crippen LogP contribution in [0.5, 0.6) is 0 Å². The van der Waals surface area contributed by atoms with Crippen LogP contribution in [0.15, 0.2) is 29.6 Å². The highest BCUT2D eigenvalue weighted by molar-refractivity contribution is 7.10. The molecule has 1 fully saturated rings. The van der Waals surface area contributed by atoms with Gasteiger partial charge in [0.15, 0.2) is 11.6 Å². The molecule has 0 spiro atoms. The molecule has 7 heteroatoms. The lowest BCUT2D eigenvalue weighted by Gasteiger charge is -2.16. The van der Waals surface area contributed by atoms with Crippen molar-refractivity contribution in [1.29, 1.82) is 0 Å². The zero-order valence-corrected chi connectivity index (χ0v) is 13.8. The first-order chi connectivity index (χ1) is 11.5. The van der Waals surface area contributed by atoms with Crippen LogP contribution in [0.25, 0.3) is 0 Å². The lowest BCUT2D eigenvalue weighted by Crippen LogP contribution is -2.32. The number of amides is 2. The van der Waals surface area contributed by atoms with E-state index >= 15 is 0 Å². The third-order valence-corrected chi connectivity index (χ3v) is 5.22. The van der Waals surface area contributed by atoms with E-state index < -0.39 is 29.4 Å². The Morgan fingerprint density at radius 1 is 1.42 bits per heavy atom. The average molecular weight is 350 g/mol. The van der Waals surface area contributed by atoms with Gasteiger partial charge in [0.1, 0.15) is 5.92 Å². The molecule has 126 valence electrons. The van der Waals surface area contributed by atoms with Crippen molar-refractivity contribution < 1.29 is 18.4 Å². The smallest absolute Gasteiger partial charge is 0.237 e. The topological polar surface area (TPSA) is 58.2 Å². The van der Waals surface area contributed by atoms with Gasteiger partial charge in [0, 0.05) is 17.3 Å². The normalized spacial score (nSPS) is 20.0. The summed E-state index contributed by atoms with van der Waals surface area (Å²) >= 11 is 1.58. The number of rotatable bonds is 4. The summed E-state index contributed by atoms with van der Waals surface area (Å²) in [4.78, 5) is 25.7. The lowest BCUT2D eigenvalue weighted by atomic mass is 9.89. The van der Waals surface area contributed by atoms with Crippen LogP contribution < -0.4 is 10.6 Å². The van der Waals surface area contributed by atoms with Gasteiger partial charge in [-0.05, 0) is 35.6 Å². The first kappa shape index (κ1) is 16.6. The highest BCUT2D eigenvalue weighted by atomic mass is 32.1. The first-order valence-electron chi connectivity index (χ1n) is 7.61. The van der Waals surface area contributed by atoms with Gasteiger partial charge in [-0.3, -0.25) is 9.59 Å². The lowest BCUT2D eigenvalue weighted by molar-refractivity contribution is -0.130. The van der Waals surface area contributed by atoms with Crippen LogP contribution in [0.3, 0.4) is 0 Å². The highest BCUT2D eigenvalue weighted by Crippen LogP contribution is 2.33. The number of anilines is 1. The van der Waals surface area contributed by atoms with Gasteiger partial charge >= 0.3 is 0 Å². The van der Waals surface area contributed by atoms with E-state index in [4.69, 9.17) is 0 Å². The number of hydrogen-bond donors (Lipinski definition) is 2. The minimum absolute atomic E-state index is 0.266. The molecule has 2 aromatic rings. The van der Waals surface area contributed by atoms with Crippen molar-refractivity contribution in [2.24, 2.45) is 5.92 Å². The summed E-state index contributed by atoms with van der Waals surface area (Å²) in [5.74, 6) is -4.50. The van der Waals surface area contributed by atoms with Gasteiger partial charge in [-0.1, -0.05) is 13.0 Å². The summed E-state index contributed by atoms with van der Waals surface area (Å²) in [6.07, 6.45) is 0.879. The van der Waals surface area contributed by atoms with Crippen LogP contribution in [-0.2, 0) is 16.0 Å². The zero-order chi connectivity index (χ0) is 17.3. The summed E-state index contributed by atoms with van der Waals surface area (Å²) in [6.45, 7) is 2.38. The van der Waals surface area contributed by atoms with Gasteiger partial charge < -0.3 is 10.6 Å².